The molecule has 1 unspecified atom stereocenters. The predicted molar refractivity (Wildman–Crippen MR) is 88.0 cm³/mol. The smallest absolute Gasteiger partial charge is 0.404 e. The minimum absolute atomic E-state index is 0.0686. The highest BCUT2D eigenvalue weighted by atomic mass is 79.9. The van der Waals surface area contributed by atoms with Crippen molar-refractivity contribution in [1.82, 2.24) is 15.1 Å². The molecule has 0 aliphatic heterocycles. The Morgan fingerprint density at radius 2 is 2.19 bits per heavy atom. The van der Waals surface area contributed by atoms with Gasteiger partial charge in [0.1, 0.15) is 0 Å². The van der Waals surface area contributed by atoms with E-state index in [9.17, 15) is 4.79 Å². The molecule has 0 bridgehead atoms. The van der Waals surface area contributed by atoms with Gasteiger partial charge in [-0.15, -0.1) is 0 Å². The SMILES string of the molecule is CC(C)(C)[Si](C)(C)OC(CNC(=O)O)Cn1cc(Br)cn1. The lowest BCUT2D eigenvalue weighted by Gasteiger charge is -2.39. The molecule has 1 rings (SSSR count). The van der Waals surface area contributed by atoms with Gasteiger partial charge in [-0.05, 0) is 34.1 Å². The van der Waals surface area contributed by atoms with Crippen molar-refractivity contribution in [3.05, 3.63) is 16.9 Å². The van der Waals surface area contributed by atoms with E-state index < -0.39 is 14.4 Å². The van der Waals surface area contributed by atoms with Crippen molar-refractivity contribution >= 4 is 30.3 Å². The number of nitrogens with one attached hydrogen (secondary N) is 1. The summed E-state index contributed by atoms with van der Waals surface area (Å²) in [5.74, 6) is 0. The summed E-state index contributed by atoms with van der Waals surface area (Å²) >= 11 is 3.35. The second-order valence-electron chi connectivity index (χ2n) is 6.57. The van der Waals surface area contributed by atoms with Gasteiger partial charge >= 0.3 is 6.09 Å². The minimum Gasteiger partial charge on any atom is -0.465 e. The summed E-state index contributed by atoms with van der Waals surface area (Å²) < 4.78 is 8.95. The van der Waals surface area contributed by atoms with Gasteiger partial charge in [0.05, 0.1) is 23.3 Å². The van der Waals surface area contributed by atoms with Crippen LogP contribution in [0.3, 0.4) is 0 Å². The fourth-order valence-electron chi connectivity index (χ4n) is 1.58. The predicted octanol–water partition coefficient (Wildman–Crippen LogP) is 3.30. The molecule has 1 aromatic rings. The second-order valence-corrected chi connectivity index (χ2v) is 12.2. The lowest BCUT2D eigenvalue weighted by molar-refractivity contribution is 0.145. The van der Waals surface area contributed by atoms with Gasteiger partial charge in [0.2, 0.25) is 0 Å². The molecule has 0 saturated heterocycles. The van der Waals surface area contributed by atoms with E-state index in [1.165, 1.54) is 0 Å². The zero-order valence-electron chi connectivity index (χ0n) is 13.2. The van der Waals surface area contributed by atoms with E-state index in [0.717, 1.165) is 4.47 Å². The molecule has 120 valence electrons. The molecule has 2 N–H and O–H groups in total. The van der Waals surface area contributed by atoms with Crippen LogP contribution in [0.2, 0.25) is 18.1 Å². The monoisotopic (exact) mass is 377 g/mol. The number of hydrogen-bond donors (Lipinski definition) is 2. The van der Waals surface area contributed by atoms with Crippen LogP contribution < -0.4 is 5.32 Å². The van der Waals surface area contributed by atoms with Crippen molar-refractivity contribution in [2.75, 3.05) is 6.54 Å². The summed E-state index contributed by atoms with van der Waals surface area (Å²) in [4.78, 5) is 10.7. The van der Waals surface area contributed by atoms with E-state index >= 15 is 0 Å². The van der Waals surface area contributed by atoms with Gasteiger partial charge < -0.3 is 14.8 Å². The first kappa shape index (κ1) is 18.2. The van der Waals surface area contributed by atoms with Gasteiger partial charge in [0.25, 0.3) is 0 Å². The molecule has 0 aliphatic rings. The Morgan fingerprint density at radius 3 is 2.62 bits per heavy atom. The van der Waals surface area contributed by atoms with Crippen LogP contribution in [0.5, 0.6) is 0 Å². The molecule has 0 fully saturated rings. The Morgan fingerprint density at radius 1 is 1.57 bits per heavy atom. The second kappa shape index (κ2) is 6.93. The quantitative estimate of drug-likeness (QED) is 0.745. The molecule has 1 aromatic heterocycles. The van der Waals surface area contributed by atoms with E-state index in [0.29, 0.717) is 6.54 Å². The summed E-state index contributed by atoms with van der Waals surface area (Å²) in [6.45, 7) is 11.5. The number of rotatable bonds is 6. The average Bonchev–Trinajstić information content (AvgIpc) is 2.69. The molecule has 0 saturated carbocycles. The highest BCUT2D eigenvalue weighted by Gasteiger charge is 2.39. The standard InChI is InChI=1S/C13H24BrN3O3Si/c1-13(2,3)21(4,5)20-11(7-15-12(18)19)9-17-8-10(14)6-16-17/h6,8,11,15H,7,9H2,1-5H3,(H,18,19). The maximum Gasteiger partial charge on any atom is 0.404 e. The molecule has 6 nitrogen and oxygen atoms in total. The van der Waals surface area contributed by atoms with Gasteiger partial charge in [-0.25, -0.2) is 4.79 Å². The van der Waals surface area contributed by atoms with Crippen LogP contribution in [0, 0.1) is 0 Å². The van der Waals surface area contributed by atoms with Crippen LogP contribution in [0.4, 0.5) is 4.79 Å². The zero-order valence-corrected chi connectivity index (χ0v) is 15.8. The number of aromatic nitrogens is 2. The number of carboxylic acid groups (broad SMARTS) is 1. The topological polar surface area (TPSA) is 76.4 Å². The Labute approximate surface area is 135 Å². The number of hydrogen-bond acceptors (Lipinski definition) is 3. The molecule has 0 aliphatic carbocycles. The molecule has 0 aromatic carbocycles. The number of carbonyl (C=O) groups is 1. The molecular weight excluding hydrogens is 354 g/mol. The normalized spacial score (nSPS) is 14.0. The summed E-state index contributed by atoms with van der Waals surface area (Å²) in [5.41, 5.74) is 0. The van der Waals surface area contributed by atoms with Crippen molar-refractivity contribution < 1.29 is 14.3 Å². The summed E-state index contributed by atoms with van der Waals surface area (Å²) in [7, 11) is -1.97. The minimum atomic E-state index is -1.97. The van der Waals surface area contributed by atoms with Gasteiger partial charge in [-0.3, -0.25) is 4.68 Å². The summed E-state index contributed by atoms with van der Waals surface area (Å²) in [5, 5.41) is 15.5. The maximum atomic E-state index is 10.7. The lowest BCUT2D eigenvalue weighted by atomic mass is 10.2. The summed E-state index contributed by atoms with van der Waals surface area (Å²) in [6, 6.07) is 0. The van der Waals surface area contributed by atoms with Crippen LogP contribution in [0.25, 0.3) is 0 Å². The van der Waals surface area contributed by atoms with Crippen molar-refractivity contribution in [3.63, 3.8) is 0 Å². The van der Waals surface area contributed by atoms with E-state index in [2.05, 4.69) is 60.2 Å². The van der Waals surface area contributed by atoms with Crippen molar-refractivity contribution in [3.8, 4) is 0 Å². The van der Waals surface area contributed by atoms with Gasteiger partial charge in [0.15, 0.2) is 8.32 Å². The van der Waals surface area contributed by atoms with E-state index in [-0.39, 0.29) is 17.7 Å². The van der Waals surface area contributed by atoms with Gasteiger partial charge in [-0.1, -0.05) is 20.8 Å². The van der Waals surface area contributed by atoms with Crippen LogP contribution in [-0.2, 0) is 11.0 Å². The first-order valence-electron chi connectivity index (χ1n) is 6.84. The maximum absolute atomic E-state index is 10.7. The van der Waals surface area contributed by atoms with Crippen molar-refractivity contribution in [2.24, 2.45) is 0 Å². The number of nitrogens with zero attached hydrogens (tertiary/aromatic N) is 2. The van der Waals surface area contributed by atoms with Crippen LogP contribution in [0.1, 0.15) is 20.8 Å². The molecule has 0 spiro atoms. The van der Waals surface area contributed by atoms with Crippen LogP contribution in [-0.4, -0.2) is 41.9 Å². The molecule has 1 heterocycles. The number of halogens is 1. The molecule has 1 atom stereocenters. The van der Waals surface area contributed by atoms with Gasteiger partial charge in [-0.2, -0.15) is 5.10 Å². The first-order chi connectivity index (χ1) is 9.51. The Balaban J connectivity index is 2.79. The zero-order chi connectivity index (χ0) is 16.3. The van der Waals surface area contributed by atoms with E-state index in [1.807, 2.05) is 6.20 Å². The lowest BCUT2D eigenvalue weighted by Crippen LogP contribution is -2.48. The number of amides is 1. The molecule has 8 heteroatoms. The largest absolute Gasteiger partial charge is 0.465 e. The molecular formula is C13H24BrN3O3Si. The molecule has 0 radical (unpaired) electrons. The fourth-order valence-corrected chi connectivity index (χ4v) is 3.26. The fraction of sp³-hybridized carbons (Fsp3) is 0.692. The molecule has 21 heavy (non-hydrogen) atoms. The third-order valence-corrected chi connectivity index (χ3v) is 8.69. The average molecular weight is 378 g/mol. The molecule has 1 amide bonds. The third kappa shape index (κ3) is 5.80. The Bertz CT molecular complexity index is 485. The van der Waals surface area contributed by atoms with Gasteiger partial charge in [0, 0.05) is 12.7 Å². The third-order valence-electron chi connectivity index (χ3n) is 3.74. The van der Waals surface area contributed by atoms with Crippen molar-refractivity contribution in [2.45, 2.75) is 51.6 Å². The van der Waals surface area contributed by atoms with E-state index in [4.69, 9.17) is 9.53 Å². The van der Waals surface area contributed by atoms with Crippen LogP contribution >= 0.6 is 15.9 Å². The highest BCUT2D eigenvalue weighted by Crippen LogP contribution is 2.37. The highest BCUT2D eigenvalue weighted by molar-refractivity contribution is 9.10. The Kier molecular flexibility index (Phi) is 6.00. The summed E-state index contributed by atoms with van der Waals surface area (Å²) in [6.07, 6.45) is 2.27. The van der Waals surface area contributed by atoms with Crippen LogP contribution in [0.15, 0.2) is 16.9 Å². The van der Waals surface area contributed by atoms with E-state index in [1.54, 1.807) is 10.9 Å². The first-order valence-corrected chi connectivity index (χ1v) is 10.5. The van der Waals surface area contributed by atoms with Crippen molar-refractivity contribution in [1.29, 1.82) is 0 Å². The Hall–Kier alpha value is -0.863.